The molecular weight excluding hydrogens is 232 g/mol. The predicted octanol–water partition coefficient (Wildman–Crippen LogP) is 3.34. The van der Waals surface area contributed by atoms with Crippen molar-refractivity contribution in [2.45, 2.75) is 19.4 Å². The van der Waals surface area contributed by atoms with Crippen LogP contribution in [-0.2, 0) is 6.42 Å². The number of aliphatic hydroxyl groups excluding tert-OH is 1. The summed E-state index contributed by atoms with van der Waals surface area (Å²) in [6.07, 6.45) is 0.231. The topological polar surface area (TPSA) is 29.5 Å². The number of hydrogen-bond donors (Lipinski definition) is 1. The maximum absolute atomic E-state index is 10.1. The van der Waals surface area contributed by atoms with Crippen molar-refractivity contribution in [1.29, 1.82) is 0 Å². The highest BCUT2D eigenvalue weighted by Gasteiger charge is 2.12. The van der Waals surface area contributed by atoms with Crippen molar-refractivity contribution in [3.8, 4) is 5.75 Å². The van der Waals surface area contributed by atoms with E-state index < -0.39 is 6.10 Å². The van der Waals surface area contributed by atoms with E-state index in [9.17, 15) is 5.11 Å². The monoisotopic (exact) mass is 248 g/mol. The van der Waals surface area contributed by atoms with Crippen LogP contribution in [0.25, 0.3) is 0 Å². The van der Waals surface area contributed by atoms with Crippen LogP contribution in [0.3, 0.4) is 0 Å². The van der Waals surface area contributed by atoms with Gasteiger partial charge in [0.05, 0.1) is 13.2 Å². The molecule has 1 aromatic heterocycles. The lowest BCUT2D eigenvalue weighted by Crippen LogP contribution is -2.01. The second-order valence-electron chi connectivity index (χ2n) is 4.04. The molecule has 0 fully saturated rings. The van der Waals surface area contributed by atoms with Gasteiger partial charge in [-0.15, -0.1) is 11.3 Å². The normalized spacial score (nSPS) is 12.4. The molecule has 0 saturated heterocycles. The van der Waals surface area contributed by atoms with Gasteiger partial charge < -0.3 is 9.84 Å². The first kappa shape index (κ1) is 12.1. The second-order valence-corrected chi connectivity index (χ2v) is 4.98. The van der Waals surface area contributed by atoms with Gasteiger partial charge in [0, 0.05) is 11.3 Å². The van der Waals surface area contributed by atoms with Gasteiger partial charge in [-0.2, -0.15) is 0 Å². The molecule has 2 nitrogen and oxygen atoms in total. The molecule has 0 aliphatic carbocycles. The molecule has 1 heterocycles. The third-order valence-corrected chi connectivity index (χ3v) is 3.91. The van der Waals surface area contributed by atoms with E-state index in [4.69, 9.17) is 4.74 Å². The summed E-state index contributed by atoms with van der Waals surface area (Å²) in [5.74, 6) is 0.843. The van der Waals surface area contributed by atoms with Crippen LogP contribution in [0.15, 0.2) is 35.7 Å². The average Bonchev–Trinajstić information content (AvgIpc) is 2.76. The zero-order valence-corrected chi connectivity index (χ0v) is 10.8. The minimum atomic E-state index is -0.414. The Balaban J connectivity index is 2.07. The van der Waals surface area contributed by atoms with Crippen molar-refractivity contribution in [3.05, 3.63) is 51.7 Å². The first-order valence-corrected chi connectivity index (χ1v) is 6.43. The van der Waals surface area contributed by atoms with Gasteiger partial charge in [0.1, 0.15) is 5.75 Å². The molecule has 1 N–H and O–H groups in total. The van der Waals surface area contributed by atoms with Gasteiger partial charge in [-0.05, 0) is 41.6 Å². The molecule has 0 aliphatic heterocycles. The zero-order chi connectivity index (χ0) is 12.3. The smallest absolute Gasteiger partial charge is 0.118 e. The molecule has 0 aliphatic rings. The number of methoxy groups -OCH3 is 1. The number of hydrogen-bond acceptors (Lipinski definition) is 3. The molecule has 0 saturated carbocycles. The number of aryl methyl sites for hydroxylation is 1. The highest BCUT2D eigenvalue weighted by atomic mass is 32.1. The molecule has 2 rings (SSSR count). The molecule has 0 bridgehead atoms. The number of benzene rings is 1. The zero-order valence-electron chi connectivity index (χ0n) is 10.0. The Kier molecular flexibility index (Phi) is 3.82. The van der Waals surface area contributed by atoms with Crippen molar-refractivity contribution >= 4 is 11.3 Å². The Morgan fingerprint density at radius 2 is 1.94 bits per heavy atom. The van der Waals surface area contributed by atoms with Gasteiger partial charge in [0.2, 0.25) is 0 Å². The summed E-state index contributed by atoms with van der Waals surface area (Å²) in [7, 11) is 1.65. The highest BCUT2D eigenvalue weighted by Crippen LogP contribution is 2.27. The van der Waals surface area contributed by atoms with Crippen LogP contribution in [-0.4, -0.2) is 12.2 Å². The molecule has 0 radical (unpaired) electrons. The highest BCUT2D eigenvalue weighted by molar-refractivity contribution is 7.10. The summed E-state index contributed by atoms with van der Waals surface area (Å²) in [6, 6.07) is 9.86. The number of aliphatic hydroxyl groups is 1. The van der Waals surface area contributed by atoms with E-state index in [0.717, 1.165) is 21.8 Å². The lowest BCUT2D eigenvalue weighted by Gasteiger charge is -2.10. The molecule has 3 heteroatoms. The van der Waals surface area contributed by atoms with Crippen LogP contribution < -0.4 is 4.74 Å². The third kappa shape index (κ3) is 2.87. The maximum atomic E-state index is 10.1. The Labute approximate surface area is 105 Å². The summed E-state index contributed by atoms with van der Waals surface area (Å²) in [5, 5.41) is 12.2. The Bertz CT molecular complexity index is 473. The van der Waals surface area contributed by atoms with Gasteiger partial charge in [0.15, 0.2) is 0 Å². The average molecular weight is 248 g/mol. The van der Waals surface area contributed by atoms with E-state index in [1.165, 1.54) is 0 Å². The van der Waals surface area contributed by atoms with E-state index >= 15 is 0 Å². The largest absolute Gasteiger partial charge is 0.497 e. The minimum Gasteiger partial charge on any atom is -0.497 e. The van der Waals surface area contributed by atoms with Gasteiger partial charge in [0.25, 0.3) is 0 Å². The van der Waals surface area contributed by atoms with E-state index in [1.54, 1.807) is 18.4 Å². The fourth-order valence-electron chi connectivity index (χ4n) is 1.80. The number of thiophene rings is 1. The summed E-state index contributed by atoms with van der Waals surface area (Å²) in [6.45, 7) is 2.03. The quantitative estimate of drug-likeness (QED) is 0.899. The maximum Gasteiger partial charge on any atom is 0.118 e. The van der Waals surface area contributed by atoms with E-state index in [2.05, 4.69) is 0 Å². The Morgan fingerprint density at radius 1 is 1.24 bits per heavy atom. The molecule has 2 aromatic rings. The first-order valence-electron chi connectivity index (χ1n) is 5.55. The van der Waals surface area contributed by atoms with Gasteiger partial charge >= 0.3 is 0 Å². The van der Waals surface area contributed by atoms with Crippen LogP contribution in [0, 0.1) is 6.92 Å². The minimum absolute atomic E-state index is 0.414. The molecule has 0 amide bonds. The van der Waals surface area contributed by atoms with Crippen molar-refractivity contribution in [2.75, 3.05) is 7.11 Å². The molecule has 1 aromatic carbocycles. The van der Waals surface area contributed by atoms with Gasteiger partial charge in [-0.1, -0.05) is 12.1 Å². The summed E-state index contributed by atoms with van der Waals surface area (Å²) in [5.41, 5.74) is 2.28. The van der Waals surface area contributed by atoms with Gasteiger partial charge in [-0.3, -0.25) is 0 Å². The van der Waals surface area contributed by atoms with E-state index in [1.807, 2.05) is 42.6 Å². The standard InChI is InChI=1S/C14H16O2S/c1-10-7-8-17-14(10)13(15)9-11-3-5-12(16-2)6-4-11/h3-8,13,15H,9H2,1-2H3. The summed E-state index contributed by atoms with van der Waals surface area (Å²) >= 11 is 1.61. The Hall–Kier alpha value is -1.32. The lowest BCUT2D eigenvalue weighted by molar-refractivity contribution is 0.181. The van der Waals surface area contributed by atoms with Crippen LogP contribution in [0.1, 0.15) is 22.1 Å². The summed E-state index contributed by atoms with van der Waals surface area (Å²) < 4.78 is 5.11. The molecular formula is C14H16O2S. The molecule has 1 atom stereocenters. The fourth-order valence-corrected chi connectivity index (χ4v) is 2.72. The summed E-state index contributed by atoms with van der Waals surface area (Å²) in [4.78, 5) is 1.06. The first-order chi connectivity index (χ1) is 8.20. The molecule has 1 unspecified atom stereocenters. The lowest BCUT2D eigenvalue weighted by atomic mass is 10.1. The van der Waals surface area contributed by atoms with Gasteiger partial charge in [-0.25, -0.2) is 0 Å². The van der Waals surface area contributed by atoms with E-state index in [0.29, 0.717) is 6.42 Å². The van der Waals surface area contributed by atoms with Crippen molar-refractivity contribution in [3.63, 3.8) is 0 Å². The number of rotatable bonds is 4. The number of ether oxygens (including phenoxy) is 1. The fraction of sp³-hybridized carbons (Fsp3) is 0.286. The van der Waals surface area contributed by atoms with Crippen molar-refractivity contribution in [1.82, 2.24) is 0 Å². The van der Waals surface area contributed by atoms with Crippen LogP contribution in [0.4, 0.5) is 0 Å². The second kappa shape index (κ2) is 5.34. The van der Waals surface area contributed by atoms with Crippen LogP contribution in [0.5, 0.6) is 5.75 Å². The SMILES string of the molecule is COc1ccc(CC(O)c2sccc2C)cc1. The van der Waals surface area contributed by atoms with Crippen molar-refractivity contribution < 1.29 is 9.84 Å². The molecule has 90 valence electrons. The Morgan fingerprint density at radius 3 is 2.47 bits per heavy atom. The van der Waals surface area contributed by atoms with E-state index in [-0.39, 0.29) is 0 Å². The van der Waals surface area contributed by atoms with Crippen molar-refractivity contribution in [2.24, 2.45) is 0 Å². The van der Waals surface area contributed by atoms with Crippen LogP contribution in [0.2, 0.25) is 0 Å². The van der Waals surface area contributed by atoms with Crippen LogP contribution >= 0.6 is 11.3 Å². The molecule has 0 spiro atoms. The third-order valence-electron chi connectivity index (χ3n) is 2.79. The predicted molar refractivity (Wildman–Crippen MR) is 70.7 cm³/mol. The molecule has 17 heavy (non-hydrogen) atoms.